The van der Waals surface area contributed by atoms with E-state index in [0.29, 0.717) is 4.57 Å². The molecule has 1 aliphatic rings. The van der Waals surface area contributed by atoms with Crippen LogP contribution in [-0.2, 0) is 9.47 Å². The Kier molecular flexibility index (Phi) is 11.4. The Bertz CT molecular complexity index is 1380. The molecule has 0 spiro atoms. The molecule has 2 heterocycles. The number of halogens is 17. The number of nitrogens with zero attached hydrogens (tertiary/aromatic N) is 1. The maximum Gasteiger partial charge on any atom is 0.460 e. The number of aromatic amines is 1. The maximum absolute atomic E-state index is 14.3. The van der Waals surface area contributed by atoms with Crippen LogP contribution in [0.5, 0.6) is 0 Å². The van der Waals surface area contributed by atoms with E-state index in [-0.39, 0.29) is 5.32 Å². The summed E-state index contributed by atoms with van der Waals surface area (Å²) >= 11 is 0. The molecule has 1 saturated heterocycles. The number of nitrogens with one attached hydrogen (secondary N) is 2. The predicted octanol–water partition coefficient (Wildman–Crippen LogP) is 2.48. The number of aromatic nitrogens is 2. The first-order valence-corrected chi connectivity index (χ1v) is 12.4. The lowest BCUT2D eigenvalue weighted by atomic mass is 9.90. The number of rotatable bonds is 15. The smallest absolute Gasteiger partial charge is 0.395 e. The number of aliphatic hydroxyl groups excluding tert-OH is 3. The molecule has 1 aromatic heterocycles. The highest BCUT2D eigenvalue weighted by molar-refractivity contribution is 5.15. The van der Waals surface area contributed by atoms with Gasteiger partial charge in [-0.3, -0.25) is 14.3 Å². The lowest BCUT2D eigenvalue weighted by molar-refractivity contribution is -0.463. The number of hydrogen-bond donors (Lipinski definition) is 5. The van der Waals surface area contributed by atoms with Crippen molar-refractivity contribution in [2.24, 2.45) is 0 Å². The lowest BCUT2D eigenvalue weighted by Crippen LogP contribution is -2.76. The fourth-order valence-electron chi connectivity index (χ4n) is 3.97. The molecule has 0 aliphatic carbocycles. The van der Waals surface area contributed by atoms with Crippen molar-refractivity contribution in [1.82, 2.24) is 14.9 Å². The molecule has 0 bridgehead atoms. The molecule has 2 rings (SSSR count). The number of alkyl halides is 17. The van der Waals surface area contributed by atoms with E-state index >= 15 is 0 Å². The SMILES string of the molecule is O=c1ccn(C2OC(CO)C(O)C2OCCC(CO)NC(F)(F)C(F)(F)C(F)(F)C(F)(F)C(F)(F)C(F)(F)C(F)(F)C(F)(F)F)c(=O)[nH]1. The molecule has 5 unspecified atom stereocenters. The van der Waals surface area contributed by atoms with E-state index in [4.69, 9.17) is 9.47 Å². The molecular formula is C21H20F17N3O7. The highest BCUT2D eigenvalue weighted by atomic mass is 19.4. The molecule has 1 fully saturated rings. The number of hydrogen-bond acceptors (Lipinski definition) is 8. The van der Waals surface area contributed by atoms with Crippen molar-refractivity contribution in [3.8, 4) is 0 Å². The van der Waals surface area contributed by atoms with Crippen molar-refractivity contribution in [1.29, 1.82) is 0 Å². The van der Waals surface area contributed by atoms with E-state index in [1.807, 2.05) is 0 Å². The average Bonchev–Trinajstić information content (AvgIpc) is 3.25. The normalized spacial score (nSPS) is 23.1. The van der Waals surface area contributed by atoms with Crippen LogP contribution >= 0.6 is 0 Å². The van der Waals surface area contributed by atoms with E-state index in [2.05, 4.69) is 0 Å². The Morgan fingerprint density at radius 1 is 0.812 bits per heavy atom. The molecule has 0 saturated carbocycles. The highest BCUT2D eigenvalue weighted by Crippen LogP contribution is 2.63. The standard InChI is InChI=1S/C21H20F17N3O7/c22-14(23,16(26,27)18(30,31)20(34,35)36)15(24,25)17(28,29)19(32,33)21(37,38)40-7(5-42)2-4-47-11-10(45)8(6-43)48-12(11)41-3-1-9(44)39-13(41)46/h1,3,7-8,10-12,40,42-43,45H,2,4-6H2,(H,39,44,46). The molecule has 0 aromatic carbocycles. The Balaban J connectivity index is 2.32. The van der Waals surface area contributed by atoms with Crippen LogP contribution < -0.4 is 16.6 Å². The highest BCUT2D eigenvalue weighted by Gasteiger charge is 2.95. The van der Waals surface area contributed by atoms with Crippen molar-refractivity contribution in [2.45, 2.75) is 84.8 Å². The molecule has 0 amide bonds. The summed E-state index contributed by atoms with van der Waals surface area (Å²) in [5, 5.41) is 28.9. The Morgan fingerprint density at radius 3 is 1.73 bits per heavy atom. The van der Waals surface area contributed by atoms with Gasteiger partial charge in [-0.1, -0.05) is 0 Å². The summed E-state index contributed by atoms with van der Waals surface area (Å²) in [4.78, 5) is 25.1. The van der Waals surface area contributed by atoms with E-state index in [1.165, 1.54) is 0 Å². The van der Waals surface area contributed by atoms with Crippen molar-refractivity contribution in [3.05, 3.63) is 33.1 Å². The molecule has 1 aliphatic heterocycles. The number of ether oxygens (including phenoxy) is 2. The second-order valence-electron chi connectivity index (χ2n) is 9.92. The third-order valence-corrected chi connectivity index (χ3v) is 6.72. The zero-order valence-electron chi connectivity index (χ0n) is 22.7. The van der Waals surface area contributed by atoms with Gasteiger partial charge in [-0.25, -0.2) is 10.1 Å². The minimum absolute atomic E-state index is 0.105. The van der Waals surface area contributed by atoms with Gasteiger partial charge in [0.25, 0.3) is 5.56 Å². The van der Waals surface area contributed by atoms with Gasteiger partial charge in [0.2, 0.25) is 0 Å². The summed E-state index contributed by atoms with van der Waals surface area (Å²) in [5.41, 5.74) is -2.16. The quantitative estimate of drug-likeness (QED) is 0.136. The fourth-order valence-corrected chi connectivity index (χ4v) is 3.97. The Hall–Kier alpha value is -2.75. The summed E-state index contributed by atoms with van der Waals surface area (Å²) in [5.74, 6) is -51.1. The van der Waals surface area contributed by atoms with Crippen molar-refractivity contribution >= 4 is 0 Å². The third kappa shape index (κ3) is 6.59. The minimum atomic E-state index is -8.80. The van der Waals surface area contributed by atoms with Gasteiger partial charge in [0.1, 0.15) is 18.3 Å². The molecule has 5 atom stereocenters. The second kappa shape index (κ2) is 13.2. The van der Waals surface area contributed by atoms with Gasteiger partial charge in [-0.05, 0) is 6.42 Å². The van der Waals surface area contributed by atoms with E-state index in [1.54, 1.807) is 4.98 Å². The molecule has 1 aromatic rings. The average molecular weight is 749 g/mol. The van der Waals surface area contributed by atoms with Crippen LogP contribution in [0.4, 0.5) is 74.6 Å². The van der Waals surface area contributed by atoms with Crippen LogP contribution in [0.3, 0.4) is 0 Å². The fraction of sp³-hybridized carbons (Fsp3) is 0.810. The van der Waals surface area contributed by atoms with Gasteiger partial charge in [0.15, 0.2) is 6.23 Å². The summed E-state index contributed by atoms with van der Waals surface area (Å²) in [6.07, 6.45) is -15.5. The summed E-state index contributed by atoms with van der Waals surface area (Å²) < 4.78 is 240. The van der Waals surface area contributed by atoms with Gasteiger partial charge in [-0.2, -0.15) is 74.6 Å². The second-order valence-corrected chi connectivity index (χ2v) is 9.92. The number of H-pyrrole nitrogens is 1. The molecule has 48 heavy (non-hydrogen) atoms. The first-order valence-electron chi connectivity index (χ1n) is 12.4. The third-order valence-electron chi connectivity index (χ3n) is 6.72. The van der Waals surface area contributed by atoms with Crippen molar-refractivity contribution in [2.75, 3.05) is 19.8 Å². The largest absolute Gasteiger partial charge is 0.460 e. The van der Waals surface area contributed by atoms with Crippen LogP contribution in [0.1, 0.15) is 12.6 Å². The summed E-state index contributed by atoms with van der Waals surface area (Å²) in [6, 6.07) is -8.99. The van der Waals surface area contributed by atoms with Gasteiger partial charge < -0.3 is 24.8 Å². The zero-order valence-corrected chi connectivity index (χ0v) is 22.7. The molecule has 0 radical (unpaired) electrons. The van der Waals surface area contributed by atoms with Crippen molar-refractivity contribution in [3.63, 3.8) is 0 Å². The van der Waals surface area contributed by atoms with E-state index < -0.39 is 116 Å². The van der Waals surface area contributed by atoms with Crippen LogP contribution in [-0.4, -0.2) is 117 Å². The predicted molar refractivity (Wildman–Crippen MR) is 117 cm³/mol. The summed E-state index contributed by atoms with van der Waals surface area (Å²) in [6.45, 7) is -4.02. The molecule has 5 N–H and O–H groups in total. The molecule has 280 valence electrons. The molecule has 27 heteroatoms. The Labute approximate surface area is 253 Å². The zero-order chi connectivity index (χ0) is 37.7. The van der Waals surface area contributed by atoms with Gasteiger partial charge >= 0.3 is 53.4 Å². The first-order chi connectivity index (χ1) is 21.4. The Morgan fingerprint density at radius 2 is 1.29 bits per heavy atom. The van der Waals surface area contributed by atoms with E-state index in [0.717, 1.165) is 12.3 Å². The number of aliphatic hydroxyl groups is 3. The molecular weight excluding hydrogens is 729 g/mol. The van der Waals surface area contributed by atoms with Crippen LogP contribution in [0, 0.1) is 0 Å². The van der Waals surface area contributed by atoms with Gasteiger partial charge in [0.05, 0.1) is 13.2 Å². The maximum atomic E-state index is 14.3. The summed E-state index contributed by atoms with van der Waals surface area (Å²) in [7, 11) is 0. The first kappa shape index (κ1) is 41.4. The molecule has 10 nitrogen and oxygen atoms in total. The monoisotopic (exact) mass is 749 g/mol. The lowest BCUT2D eigenvalue weighted by Gasteiger charge is -2.43. The van der Waals surface area contributed by atoms with Crippen molar-refractivity contribution < 1.29 is 99.4 Å². The topological polar surface area (TPSA) is 146 Å². The van der Waals surface area contributed by atoms with Gasteiger partial charge in [0, 0.05) is 24.9 Å². The van der Waals surface area contributed by atoms with Gasteiger partial charge in [-0.15, -0.1) is 0 Å². The van der Waals surface area contributed by atoms with Crippen LogP contribution in [0.15, 0.2) is 21.9 Å². The van der Waals surface area contributed by atoms with E-state index in [9.17, 15) is 99.5 Å². The van der Waals surface area contributed by atoms with Crippen LogP contribution in [0.25, 0.3) is 0 Å². The minimum Gasteiger partial charge on any atom is -0.395 e. The van der Waals surface area contributed by atoms with Crippen LogP contribution in [0.2, 0.25) is 0 Å².